The first kappa shape index (κ1) is 36.6. The molecule has 0 fully saturated rings. The van der Waals surface area contributed by atoms with Crippen molar-refractivity contribution in [1.29, 1.82) is 0 Å². The Hall–Kier alpha value is -4.88. The van der Waals surface area contributed by atoms with Crippen molar-refractivity contribution in [3.8, 4) is 5.75 Å². The molecule has 1 atom stereocenters. The highest BCUT2D eigenvalue weighted by atomic mass is 19.4. The number of carboxylic acids is 1. The molecule has 0 aliphatic carbocycles. The normalized spacial score (nSPS) is 11.8. The van der Waals surface area contributed by atoms with Crippen LogP contribution in [0.4, 0.5) is 35.4 Å². The second-order valence-corrected chi connectivity index (χ2v) is 10.8. The predicted molar refractivity (Wildman–Crippen MR) is 173 cm³/mol. The number of carbonyl (C=O) groups excluding carboxylic acids is 2. The van der Waals surface area contributed by atoms with Crippen LogP contribution in [0.2, 0.25) is 0 Å². The van der Waals surface area contributed by atoms with Crippen LogP contribution in [0.3, 0.4) is 0 Å². The highest BCUT2D eigenvalue weighted by Gasteiger charge is 2.44. The summed E-state index contributed by atoms with van der Waals surface area (Å²) in [6.45, 7) is 6.82. The maximum Gasteiger partial charge on any atom is 0.471 e. The Bertz CT molecular complexity index is 1470. The lowest BCUT2D eigenvalue weighted by atomic mass is 10.1. The van der Waals surface area contributed by atoms with E-state index < -0.39 is 30.2 Å². The number of aliphatic carboxylic acids is 1. The van der Waals surface area contributed by atoms with E-state index in [0.29, 0.717) is 35.7 Å². The zero-order valence-electron chi connectivity index (χ0n) is 27.0. The fourth-order valence-electron chi connectivity index (χ4n) is 4.66. The first-order chi connectivity index (χ1) is 22.4. The summed E-state index contributed by atoms with van der Waals surface area (Å²) >= 11 is 0. The topological polar surface area (TPSA) is 128 Å². The van der Waals surface area contributed by atoms with Crippen LogP contribution in [0, 0.1) is 0 Å². The van der Waals surface area contributed by atoms with Gasteiger partial charge >= 0.3 is 24.1 Å². The number of nitrogens with one attached hydrogen (secondary N) is 1. The van der Waals surface area contributed by atoms with Gasteiger partial charge in [0.2, 0.25) is 5.95 Å². The van der Waals surface area contributed by atoms with E-state index in [1.165, 1.54) is 17.0 Å². The molecule has 2 N–H and O–H groups in total. The number of benzene rings is 2. The molecule has 1 aromatic heterocycles. The van der Waals surface area contributed by atoms with Crippen LogP contribution < -0.4 is 19.9 Å². The van der Waals surface area contributed by atoms with Crippen molar-refractivity contribution in [3.05, 3.63) is 71.9 Å². The summed E-state index contributed by atoms with van der Waals surface area (Å²) in [5.74, 6) is -3.25. The highest BCUT2D eigenvalue weighted by molar-refractivity contribution is 5.99. The van der Waals surface area contributed by atoms with Crippen LogP contribution >= 0.6 is 0 Å². The predicted octanol–water partition coefficient (Wildman–Crippen LogP) is 5.80. The lowest BCUT2D eigenvalue weighted by Gasteiger charge is -2.28. The standard InChI is InChI=1S/C33H41F3N6O5/c1-5-8-19-40(4)32(46)47-25-16-14-24(15-17-25)21-26(29(43)44)38-28-27(22-37-31(39-28)41(6-2)7-3)42(30(45)33(34,35)36)20-18-23-12-10-9-11-13-23/h9-17,22,26H,5-8,18-21H2,1-4H3,(H,43,44)(H,37,38,39). The summed E-state index contributed by atoms with van der Waals surface area (Å²) in [5.41, 5.74) is 0.934. The van der Waals surface area contributed by atoms with Gasteiger partial charge in [0.15, 0.2) is 5.82 Å². The summed E-state index contributed by atoms with van der Waals surface area (Å²) in [4.78, 5) is 49.9. The number of amides is 2. The second kappa shape index (κ2) is 17.2. The highest BCUT2D eigenvalue weighted by Crippen LogP contribution is 2.31. The van der Waals surface area contributed by atoms with Gasteiger partial charge in [0.1, 0.15) is 17.5 Å². The third kappa shape index (κ3) is 10.6. The monoisotopic (exact) mass is 658 g/mol. The first-order valence-corrected chi connectivity index (χ1v) is 15.4. The van der Waals surface area contributed by atoms with Crippen LogP contribution in [-0.2, 0) is 22.4 Å². The Kier molecular flexibility index (Phi) is 13.4. The summed E-state index contributed by atoms with van der Waals surface area (Å²) in [7, 11) is 1.63. The number of aromatic nitrogens is 2. The molecule has 0 radical (unpaired) electrons. The van der Waals surface area contributed by atoms with Crippen molar-refractivity contribution in [3.63, 3.8) is 0 Å². The largest absolute Gasteiger partial charge is 0.480 e. The number of alkyl halides is 3. The van der Waals surface area contributed by atoms with Crippen molar-refractivity contribution in [2.45, 2.75) is 58.7 Å². The van der Waals surface area contributed by atoms with Gasteiger partial charge in [-0.2, -0.15) is 18.2 Å². The first-order valence-electron chi connectivity index (χ1n) is 15.4. The number of anilines is 3. The molecule has 0 saturated carbocycles. The molecular formula is C33H41F3N6O5. The zero-order chi connectivity index (χ0) is 34.6. The quantitative estimate of drug-likeness (QED) is 0.196. The Labute approximate surface area is 272 Å². The van der Waals surface area contributed by atoms with E-state index >= 15 is 0 Å². The molecule has 1 unspecified atom stereocenters. The van der Waals surface area contributed by atoms with Crippen LogP contribution in [-0.4, -0.2) is 83.4 Å². The number of carboxylic acid groups (broad SMARTS) is 1. The van der Waals surface area contributed by atoms with Crippen molar-refractivity contribution in [2.75, 3.05) is 48.3 Å². The zero-order valence-corrected chi connectivity index (χ0v) is 27.0. The van der Waals surface area contributed by atoms with Gasteiger partial charge < -0.3 is 25.0 Å². The van der Waals surface area contributed by atoms with Gasteiger partial charge in [0.05, 0.1) is 6.20 Å². The van der Waals surface area contributed by atoms with E-state index in [1.807, 2.05) is 20.8 Å². The molecule has 2 amide bonds. The van der Waals surface area contributed by atoms with Gasteiger partial charge in [-0.15, -0.1) is 0 Å². The maximum absolute atomic E-state index is 13.9. The van der Waals surface area contributed by atoms with Crippen molar-refractivity contribution < 1.29 is 37.4 Å². The van der Waals surface area contributed by atoms with Gasteiger partial charge in [-0.05, 0) is 49.9 Å². The van der Waals surface area contributed by atoms with Gasteiger partial charge in [-0.1, -0.05) is 55.8 Å². The Morgan fingerprint density at radius 3 is 2.19 bits per heavy atom. The van der Waals surface area contributed by atoms with E-state index in [0.717, 1.165) is 19.0 Å². The number of rotatable bonds is 16. The number of hydrogen-bond donors (Lipinski definition) is 2. The average Bonchev–Trinajstić information content (AvgIpc) is 3.05. The smallest absolute Gasteiger partial charge is 0.471 e. The molecule has 47 heavy (non-hydrogen) atoms. The van der Waals surface area contributed by atoms with Gasteiger partial charge in [-0.25, -0.2) is 14.6 Å². The molecule has 1 heterocycles. The van der Waals surface area contributed by atoms with Gasteiger partial charge in [-0.3, -0.25) is 9.69 Å². The van der Waals surface area contributed by atoms with Crippen LogP contribution in [0.15, 0.2) is 60.8 Å². The molecule has 3 aromatic rings. The Morgan fingerprint density at radius 2 is 1.62 bits per heavy atom. The fraction of sp³-hybridized carbons (Fsp3) is 0.424. The van der Waals surface area contributed by atoms with Crippen LogP contribution in [0.25, 0.3) is 0 Å². The SMILES string of the molecule is CCCCN(C)C(=O)Oc1ccc(CC(Nc2nc(N(CC)CC)ncc2N(CCc2ccccc2)C(=O)C(F)(F)F)C(=O)O)cc1. The molecule has 0 saturated heterocycles. The van der Waals surface area contributed by atoms with E-state index in [-0.39, 0.29) is 42.6 Å². The van der Waals surface area contributed by atoms with Crippen molar-refractivity contribution in [1.82, 2.24) is 14.9 Å². The van der Waals surface area contributed by atoms with E-state index in [4.69, 9.17) is 4.74 Å². The lowest BCUT2D eigenvalue weighted by Crippen LogP contribution is -2.43. The molecule has 254 valence electrons. The molecule has 0 aliphatic rings. The molecule has 11 nitrogen and oxygen atoms in total. The number of ether oxygens (including phenoxy) is 1. The Balaban J connectivity index is 1.94. The maximum atomic E-state index is 13.9. The fourth-order valence-corrected chi connectivity index (χ4v) is 4.66. The number of unbranched alkanes of at least 4 members (excludes halogenated alkanes) is 1. The summed E-state index contributed by atoms with van der Waals surface area (Å²) in [6, 6.07) is 13.6. The third-order valence-electron chi connectivity index (χ3n) is 7.38. The Morgan fingerprint density at radius 1 is 0.957 bits per heavy atom. The number of carbonyl (C=O) groups is 3. The van der Waals surface area contributed by atoms with E-state index in [9.17, 15) is 32.7 Å². The third-order valence-corrected chi connectivity index (χ3v) is 7.38. The number of nitrogens with zero attached hydrogens (tertiary/aromatic N) is 5. The minimum Gasteiger partial charge on any atom is -0.480 e. The second-order valence-electron chi connectivity index (χ2n) is 10.8. The molecule has 2 aromatic carbocycles. The van der Waals surface area contributed by atoms with Gasteiger partial charge in [0.25, 0.3) is 0 Å². The lowest BCUT2D eigenvalue weighted by molar-refractivity contribution is -0.170. The van der Waals surface area contributed by atoms with E-state index in [2.05, 4.69) is 15.3 Å². The minimum atomic E-state index is -5.21. The van der Waals surface area contributed by atoms with Crippen LogP contribution in [0.1, 0.15) is 44.7 Å². The molecular weight excluding hydrogens is 617 g/mol. The molecule has 14 heteroatoms. The minimum absolute atomic E-state index is 0.0908. The summed E-state index contributed by atoms with van der Waals surface area (Å²) < 4.78 is 47.0. The summed E-state index contributed by atoms with van der Waals surface area (Å²) in [5, 5.41) is 12.9. The summed E-state index contributed by atoms with van der Waals surface area (Å²) in [6.07, 6.45) is -2.90. The van der Waals surface area contributed by atoms with Crippen LogP contribution in [0.5, 0.6) is 5.75 Å². The molecule has 0 bridgehead atoms. The number of halogens is 3. The molecule has 3 rings (SSSR count). The van der Waals surface area contributed by atoms with Crippen molar-refractivity contribution in [2.24, 2.45) is 0 Å². The average molecular weight is 659 g/mol. The van der Waals surface area contributed by atoms with E-state index in [1.54, 1.807) is 54.4 Å². The molecule has 0 spiro atoms. The number of hydrogen-bond acceptors (Lipinski definition) is 8. The van der Waals surface area contributed by atoms with Crippen molar-refractivity contribution >= 4 is 35.4 Å². The van der Waals surface area contributed by atoms with Gasteiger partial charge in [0, 0.05) is 39.6 Å². The molecule has 0 aliphatic heterocycles.